The summed E-state index contributed by atoms with van der Waals surface area (Å²) in [7, 11) is -3.64. The average Bonchev–Trinajstić information content (AvgIpc) is 2.77. The summed E-state index contributed by atoms with van der Waals surface area (Å²) >= 11 is 0. The minimum atomic E-state index is -3.64. The van der Waals surface area contributed by atoms with Gasteiger partial charge in [-0.1, -0.05) is 71.8 Å². The van der Waals surface area contributed by atoms with E-state index in [1.165, 1.54) is 6.92 Å². The van der Waals surface area contributed by atoms with Crippen molar-refractivity contribution < 1.29 is 18.0 Å². The molecule has 0 bridgehead atoms. The van der Waals surface area contributed by atoms with E-state index in [1.807, 2.05) is 38.1 Å². The Labute approximate surface area is 190 Å². The van der Waals surface area contributed by atoms with E-state index in [-0.39, 0.29) is 22.2 Å². The van der Waals surface area contributed by atoms with Crippen molar-refractivity contribution >= 4 is 21.4 Å². The Morgan fingerprint density at radius 3 is 1.78 bits per heavy atom. The Morgan fingerprint density at radius 2 is 1.25 bits per heavy atom. The third kappa shape index (κ3) is 6.01. The SMILES string of the molecule is CC(=O)c1ccc(C(=O)C(CCc2ccc(C)cc2)CS(=O)(=O)c2ccc(C)cc2)cc1. The van der Waals surface area contributed by atoms with E-state index in [4.69, 9.17) is 0 Å². The summed E-state index contributed by atoms with van der Waals surface area (Å²) in [4.78, 5) is 25.1. The van der Waals surface area contributed by atoms with Crippen LogP contribution in [0.5, 0.6) is 0 Å². The van der Waals surface area contributed by atoms with Crippen LogP contribution in [0.1, 0.15) is 50.8 Å². The predicted molar refractivity (Wildman–Crippen MR) is 127 cm³/mol. The molecule has 0 aromatic heterocycles. The van der Waals surface area contributed by atoms with Crippen LogP contribution < -0.4 is 0 Å². The highest BCUT2D eigenvalue weighted by molar-refractivity contribution is 7.91. The molecular weight excluding hydrogens is 420 g/mol. The highest BCUT2D eigenvalue weighted by Gasteiger charge is 2.27. The molecule has 0 N–H and O–H groups in total. The normalized spacial score (nSPS) is 12.3. The lowest BCUT2D eigenvalue weighted by molar-refractivity contribution is 0.0924. The molecule has 0 amide bonds. The molecule has 0 radical (unpaired) electrons. The molecule has 1 atom stereocenters. The topological polar surface area (TPSA) is 68.3 Å². The molecule has 5 heteroatoms. The number of carbonyl (C=O) groups excluding carboxylic acids is 2. The molecule has 1 unspecified atom stereocenters. The molecule has 3 aromatic rings. The maximum absolute atomic E-state index is 13.3. The van der Waals surface area contributed by atoms with Crippen molar-refractivity contribution in [1.29, 1.82) is 0 Å². The van der Waals surface area contributed by atoms with Crippen LogP contribution in [0.15, 0.2) is 77.7 Å². The van der Waals surface area contributed by atoms with E-state index in [2.05, 4.69) is 0 Å². The maximum atomic E-state index is 13.3. The highest BCUT2D eigenvalue weighted by atomic mass is 32.2. The third-order valence-electron chi connectivity index (χ3n) is 5.65. The van der Waals surface area contributed by atoms with E-state index in [1.54, 1.807) is 48.5 Å². The van der Waals surface area contributed by atoms with Crippen LogP contribution in [0.3, 0.4) is 0 Å². The zero-order valence-electron chi connectivity index (χ0n) is 18.7. The Hall–Kier alpha value is -3.05. The number of Topliss-reactive ketones (excluding diaryl/α,β-unsaturated/α-hetero) is 2. The first-order valence-corrected chi connectivity index (χ1v) is 12.3. The number of carbonyl (C=O) groups is 2. The van der Waals surface area contributed by atoms with Gasteiger partial charge in [0.05, 0.1) is 10.6 Å². The van der Waals surface area contributed by atoms with Crippen molar-refractivity contribution in [1.82, 2.24) is 0 Å². The van der Waals surface area contributed by atoms with Crippen LogP contribution in [-0.4, -0.2) is 25.7 Å². The first-order chi connectivity index (χ1) is 15.2. The van der Waals surface area contributed by atoms with Gasteiger partial charge in [0.2, 0.25) is 0 Å². The summed E-state index contributed by atoms with van der Waals surface area (Å²) in [5.74, 6) is -1.24. The van der Waals surface area contributed by atoms with Gasteiger partial charge in [0, 0.05) is 17.0 Å². The molecule has 0 aliphatic heterocycles. The van der Waals surface area contributed by atoms with Gasteiger partial charge in [0.25, 0.3) is 0 Å². The standard InChI is InChI=1S/C27H28O4S/c1-19-4-8-22(9-5-19)10-11-25(18-32(30,31)26-16-6-20(2)7-17-26)27(29)24-14-12-23(13-15-24)21(3)28/h4-9,12-17,25H,10-11,18H2,1-3H3. The van der Waals surface area contributed by atoms with Gasteiger partial charge in [-0.3, -0.25) is 9.59 Å². The molecule has 0 saturated carbocycles. The van der Waals surface area contributed by atoms with Crippen LogP contribution in [0.4, 0.5) is 0 Å². The Bertz CT molecular complexity index is 1190. The minimum absolute atomic E-state index is 0.0816. The third-order valence-corrected chi connectivity index (χ3v) is 7.48. The molecule has 166 valence electrons. The number of hydrogen-bond donors (Lipinski definition) is 0. The quantitative estimate of drug-likeness (QED) is 0.410. The average molecular weight is 449 g/mol. The number of hydrogen-bond acceptors (Lipinski definition) is 4. The fourth-order valence-corrected chi connectivity index (χ4v) is 5.19. The molecule has 3 aromatic carbocycles. The number of rotatable bonds is 9. The molecule has 0 aliphatic rings. The minimum Gasteiger partial charge on any atom is -0.295 e. The van der Waals surface area contributed by atoms with E-state index in [0.717, 1.165) is 16.7 Å². The van der Waals surface area contributed by atoms with Gasteiger partial charge in [0.15, 0.2) is 21.4 Å². The molecule has 3 rings (SSSR count). The number of ketones is 2. The van der Waals surface area contributed by atoms with Gasteiger partial charge in [-0.2, -0.15) is 0 Å². The maximum Gasteiger partial charge on any atom is 0.179 e. The summed E-state index contributed by atoms with van der Waals surface area (Å²) in [6.45, 7) is 5.37. The van der Waals surface area contributed by atoms with Gasteiger partial charge < -0.3 is 0 Å². The van der Waals surface area contributed by atoms with E-state index in [9.17, 15) is 18.0 Å². The molecule has 4 nitrogen and oxygen atoms in total. The second kappa shape index (κ2) is 10.0. The van der Waals surface area contributed by atoms with Crippen LogP contribution in [0.2, 0.25) is 0 Å². The van der Waals surface area contributed by atoms with Crippen molar-refractivity contribution in [3.05, 3.63) is 101 Å². The summed E-state index contributed by atoms with van der Waals surface area (Å²) < 4.78 is 26.2. The molecule has 0 heterocycles. The van der Waals surface area contributed by atoms with Crippen molar-refractivity contribution in [3.63, 3.8) is 0 Å². The van der Waals surface area contributed by atoms with E-state index in [0.29, 0.717) is 24.0 Å². The van der Waals surface area contributed by atoms with Gasteiger partial charge in [-0.05, 0) is 51.3 Å². The lowest BCUT2D eigenvalue weighted by Gasteiger charge is -2.17. The summed E-state index contributed by atoms with van der Waals surface area (Å²) in [6.07, 6.45) is 1.02. The van der Waals surface area contributed by atoms with Crippen LogP contribution in [-0.2, 0) is 16.3 Å². The van der Waals surface area contributed by atoms with Crippen molar-refractivity contribution in [2.75, 3.05) is 5.75 Å². The number of sulfone groups is 1. The lowest BCUT2D eigenvalue weighted by Crippen LogP contribution is -2.25. The van der Waals surface area contributed by atoms with Crippen LogP contribution >= 0.6 is 0 Å². The molecular formula is C27H28O4S. The van der Waals surface area contributed by atoms with Crippen molar-refractivity contribution in [2.24, 2.45) is 5.92 Å². The predicted octanol–water partition coefficient (Wildman–Crippen LogP) is 5.41. The smallest absolute Gasteiger partial charge is 0.179 e. The zero-order valence-corrected chi connectivity index (χ0v) is 19.5. The first-order valence-electron chi connectivity index (χ1n) is 10.7. The monoisotopic (exact) mass is 448 g/mol. The second-order valence-electron chi connectivity index (χ2n) is 8.31. The molecule has 0 fully saturated rings. The fraction of sp³-hybridized carbons (Fsp3) is 0.259. The molecule has 0 aliphatic carbocycles. The number of aryl methyl sites for hydroxylation is 3. The summed E-state index contributed by atoms with van der Waals surface area (Å²) in [6, 6.07) is 21.2. The van der Waals surface area contributed by atoms with Gasteiger partial charge >= 0.3 is 0 Å². The van der Waals surface area contributed by atoms with Crippen LogP contribution in [0.25, 0.3) is 0 Å². The Kier molecular flexibility index (Phi) is 7.41. The van der Waals surface area contributed by atoms with Gasteiger partial charge in [-0.25, -0.2) is 8.42 Å². The van der Waals surface area contributed by atoms with Gasteiger partial charge in [-0.15, -0.1) is 0 Å². The van der Waals surface area contributed by atoms with Gasteiger partial charge in [0.1, 0.15) is 0 Å². The Balaban J connectivity index is 1.87. The Morgan fingerprint density at radius 1 is 0.750 bits per heavy atom. The van der Waals surface area contributed by atoms with Crippen LogP contribution in [0, 0.1) is 19.8 Å². The number of benzene rings is 3. The summed E-state index contributed by atoms with van der Waals surface area (Å²) in [5, 5.41) is 0. The van der Waals surface area contributed by atoms with Crippen molar-refractivity contribution in [2.45, 2.75) is 38.5 Å². The zero-order chi connectivity index (χ0) is 23.3. The molecule has 32 heavy (non-hydrogen) atoms. The molecule has 0 saturated heterocycles. The van der Waals surface area contributed by atoms with E-state index < -0.39 is 15.8 Å². The van der Waals surface area contributed by atoms with E-state index >= 15 is 0 Å². The largest absolute Gasteiger partial charge is 0.295 e. The summed E-state index contributed by atoms with van der Waals surface area (Å²) in [5.41, 5.74) is 4.12. The second-order valence-corrected chi connectivity index (χ2v) is 10.3. The first kappa shape index (κ1) is 23.6. The van der Waals surface area contributed by atoms with Crippen molar-refractivity contribution in [3.8, 4) is 0 Å². The lowest BCUT2D eigenvalue weighted by atomic mass is 9.92. The molecule has 0 spiro atoms. The highest BCUT2D eigenvalue weighted by Crippen LogP contribution is 2.23. The fourth-order valence-electron chi connectivity index (χ4n) is 3.60.